The van der Waals surface area contributed by atoms with Gasteiger partial charge < -0.3 is 19.2 Å². The van der Waals surface area contributed by atoms with E-state index < -0.39 is 11.0 Å². The number of amides is 1. The summed E-state index contributed by atoms with van der Waals surface area (Å²) in [6.45, 7) is 10.7. The molecule has 1 heterocycles. The maximum atomic E-state index is 12.2. The summed E-state index contributed by atoms with van der Waals surface area (Å²) in [5.41, 5.74) is 0.0863. The topological polar surface area (TPSA) is 55.8 Å². The second-order valence-corrected chi connectivity index (χ2v) is 7.46. The Morgan fingerprint density at radius 1 is 1.32 bits per heavy atom. The number of nitrogens with zero attached hydrogens (tertiary/aromatic N) is 1. The van der Waals surface area contributed by atoms with E-state index >= 15 is 0 Å². The van der Waals surface area contributed by atoms with Gasteiger partial charge in [0.15, 0.2) is 0 Å². The van der Waals surface area contributed by atoms with Crippen LogP contribution in [0.4, 0.5) is 4.79 Å². The van der Waals surface area contributed by atoms with Crippen LogP contribution in [0.1, 0.15) is 32.8 Å². The van der Waals surface area contributed by atoms with Gasteiger partial charge in [-0.25, -0.2) is 4.79 Å². The fourth-order valence-electron chi connectivity index (χ4n) is 2.91. The van der Waals surface area contributed by atoms with Gasteiger partial charge in [0.2, 0.25) is 0 Å². The molecule has 5 heteroatoms. The second-order valence-electron chi connectivity index (χ2n) is 7.46. The summed E-state index contributed by atoms with van der Waals surface area (Å²) < 4.78 is 11.4. The predicted octanol–water partition coefficient (Wildman–Crippen LogP) is 3.58. The smallest absolute Gasteiger partial charge is 0.410 e. The van der Waals surface area contributed by atoms with Crippen LogP contribution >= 0.6 is 0 Å². The molecule has 0 radical (unpaired) electrons. The van der Waals surface area contributed by atoms with Crippen LogP contribution in [0.2, 0.25) is 0 Å². The van der Waals surface area contributed by atoms with E-state index in [-0.39, 0.29) is 18.6 Å². The molecule has 1 atom stereocenters. The fourth-order valence-corrected chi connectivity index (χ4v) is 2.91. The van der Waals surface area contributed by atoms with Crippen molar-refractivity contribution in [3.05, 3.63) is 48.6 Å². The molecule has 1 aliphatic heterocycles. The molecule has 25 heavy (non-hydrogen) atoms. The molecular weight excluding hydrogens is 318 g/mol. The van der Waals surface area contributed by atoms with Crippen molar-refractivity contribution in [2.45, 2.75) is 45.5 Å². The molecule has 1 fully saturated rings. The molecule has 1 saturated heterocycles. The normalized spacial score (nSPS) is 17.3. The van der Waals surface area contributed by atoms with Crippen LogP contribution in [-0.2, 0) is 20.9 Å². The number of benzene rings is 1. The summed E-state index contributed by atoms with van der Waals surface area (Å²) in [6.07, 6.45) is 2.25. The van der Waals surface area contributed by atoms with Gasteiger partial charge in [-0.3, -0.25) is 0 Å². The highest BCUT2D eigenvalue weighted by molar-refractivity contribution is 5.70. The first-order valence-corrected chi connectivity index (χ1v) is 8.50. The van der Waals surface area contributed by atoms with Gasteiger partial charge in [-0.15, -0.1) is 6.58 Å². The summed E-state index contributed by atoms with van der Waals surface area (Å²) in [4.78, 5) is 24.9. The summed E-state index contributed by atoms with van der Waals surface area (Å²) in [5, 5.41) is 0. The third kappa shape index (κ3) is 4.92. The van der Waals surface area contributed by atoms with Gasteiger partial charge in [0.1, 0.15) is 11.9 Å². The monoisotopic (exact) mass is 345 g/mol. The Bertz CT molecular complexity index is 600. The Labute approximate surface area is 149 Å². The number of carbonyl (C=O) groups is 2. The van der Waals surface area contributed by atoms with Crippen LogP contribution in [0, 0.1) is 5.41 Å². The van der Waals surface area contributed by atoms with Crippen LogP contribution in [0.15, 0.2) is 43.0 Å². The summed E-state index contributed by atoms with van der Waals surface area (Å²) in [6, 6.07) is 9.80. The minimum absolute atomic E-state index is 0.265. The van der Waals surface area contributed by atoms with Crippen LogP contribution < -0.4 is 0 Å². The van der Waals surface area contributed by atoms with Crippen molar-refractivity contribution in [2.24, 2.45) is 5.41 Å². The third-order valence-corrected chi connectivity index (χ3v) is 4.27. The van der Waals surface area contributed by atoms with E-state index in [0.717, 1.165) is 11.8 Å². The Kier molecular flexibility index (Phi) is 6.01. The molecule has 0 aliphatic carbocycles. The number of hydrogen-bond donors (Lipinski definition) is 0. The van der Waals surface area contributed by atoms with Crippen molar-refractivity contribution < 1.29 is 19.1 Å². The zero-order chi connectivity index (χ0) is 18.5. The third-order valence-electron chi connectivity index (χ3n) is 4.27. The lowest BCUT2D eigenvalue weighted by Crippen LogP contribution is -2.63. The van der Waals surface area contributed by atoms with Crippen molar-refractivity contribution in [1.82, 2.24) is 4.90 Å². The van der Waals surface area contributed by atoms with Crippen LogP contribution in [0.5, 0.6) is 0 Å². The molecule has 5 nitrogen and oxygen atoms in total. The van der Waals surface area contributed by atoms with E-state index in [2.05, 4.69) is 6.58 Å². The number of carbonyl (C=O) groups excluding carboxylic acids is 2. The lowest BCUT2D eigenvalue weighted by Gasteiger charge is -2.51. The summed E-state index contributed by atoms with van der Waals surface area (Å²) >= 11 is 0. The van der Waals surface area contributed by atoms with Gasteiger partial charge in [0.05, 0.1) is 18.1 Å². The Hall–Kier alpha value is -2.14. The second kappa shape index (κ2) is 7.83. The Morgan fingerprint density at radius 3 is 2.48 bits per heavy atom. The van der Waals surface area contributed by atoms with E-state index in [0.29, 0.717) is 19.7 Å². The van der Waals surface area contributed by atoms with Gasteiger partial charge >= 0.3 is 6.09 Å². The minimum Gasteiger partial charge on any atom is -0.444 e. The Balaban J connectivity index is 2.00. The van der Waals surface area contributed by atoms with E-state index in [4.69, 9.17) is 9.47 Å². The summed E-state index contributed by atoms with van der Waals surface area (Å²) in [5.74, 6) is 0. The predicted molar refractivity (Wildman–Crippen MR) is 96.1 cm³/mol. The molecule has 0 spiro atoms. The highest BCUT2D eigenvalue weighted by Gasteiger charge is 2.50. The van der Waals surface area contributed by atoms with Crippen LogP contribution in [0.25, 0.3) is 0 Å². The first kappa shape index (κ1) is 19.2. The lowest BCUT2D eigenvalue weighted by molar-refractivity contribution is -0.123. The first-order valence-electron chi connectivity index (χ1n) is 8.50. The largest absolute Gasteiger partial charge is 0.444 e. The van der Waals surface area contributed by atoms with Crippen molar-refractivity contribution in [2.75, 3.05) is 13.1 Å². The molecule has 0 aromatic heterocycles. The van der Waals surface area contributed by atoms with E-state index in [1.807, 2.05) is 51.1 Å². The number of hydrogen-bond acceptors (Lipinski definition) is 4. The maximum absolute atomic E-state index is 12.2. The molecule has 1 aliphatic rings. The lowest BCUT2D eigenvalue weighted by atomic mass is 9.74. The number of rotatable bonds is 7. The van der Waals surface area contributed by atoms with Crippen molar-refractivity contribution >= 4 is 12.4 Å². The molecule has 1 aromatic rings. The zero-order valence-electron chi connectivity index (χ0n) is 15.2. The zero-order valence-corrected chi connectivity index (χ0v) is 15.2. The SMILES string of the molecule is C=CC1(C(CC=O)OCc2ccccc2)CN(C(=O)OC(C)(C)C)C1. The number of ether oxygens (including phenoxy) is 2. The van der Waals surface area contributed by atoms with Crippen molar-refractivity contribution in [1.29, 1.82) is 0 Å². The summed E-state index contributed by atoms with van der Waals surface area (Å²) in [7, 11) is 0. The Morgan fingerprint density at radius 2 is 1.96 bits per heavy atom. The van der Waals surface area contributed by atoms with Gasteiger partial charge in [0.25, 0.3) is 0 Å². The number of likely N-dealkylation sites (tertiary alicyclic amines) is 1. The molecule has 2 rings (SSSR count). The van der Waals surface area contributed by atoms with Crippen molar-refractivity contribution in [3.8, 4) is 0 Å². The van der Waals surface area contributed by atoms with Gasteiger partial charge in [-0.1, -0.05) is 36.4 Å². The van der Waals surface area contributed by atoms with E-state index in [1.165, 1.54) is 0 Å². The highest BCUT2D eigenvalue weighted by Crippen LogP contribution is 2.39. The van der Waals surface area contributed by atoms with E-state index in [1.54, 1.807) is 11.0 Å². The fraction of sp³-hybridized carbons (Fsp3) is 0.500. The molecule has 0 N–H and O–H groups in total. The maximum Gasteiger partial charge on any atom is 0.410 e. The van der Waals surface area contributed by atoms with Gasteiger partial charge in [-0.05, 0) is 26.3 Å². The van der Waals surface area contributed by atoms with Gasteiger partial charge in [0, 0.05) is 19.5 Å². The first-order chi connectivity index (χ1) is 11.8. The van der Waals surface area contributed by atoms with Crippen LogP contribution in [0.3, 0.4) is 0 Å². The van der Waals surface area contributed by atoms with E-state index in [9.17, 15) is 9.59 Å². The molecule has 0 bridgehead atoms. The van der Waals surface area contributed by atoms with Crippen molar-refractivity contribution in [3.63, 3.8) is 0 Å². The molecule has 1 amide bonds. The highest BCUT2D eigenvalue weighted by atomic mass is 16.6. The molecular formula is C20H27NO4. The van der Waals surface area contributed by atoms with Gasteiger partial charge in [-0.2, -0.15) is 0 Å². The average molecular weight is 345 g/mol. The van der Waals surface area contributed by atoms with Crippen LogP contribution in [-0.4, -0.2) is 42.1 Å². The average Bonchev–Trinajstić information content (AvgIpc) is 2.51. The quantitative estimate of drug-likeness (QED) is 0.560. The number of aldehydes is 1. The molecule has 1 aromatic carbocycles. The minimum atomic E-state index is -0.532. The molecule has 0 saturated carbocycles. The molecule has 136 valence electrons. The molecule has 1 unspecified atom stereocenters. The standard InChI is InChI=1S/C20H27NO4/c1-5-20(14-21(15-20)18(23)25-19(2,3)4)17(11-12-22)24-13-16-9-7-6-8-10-16/h5-10,12,17H,1,11,13-15H2,2-4H3.